The fraction of sp³-hybridized carbons (Fsp3) is 0.424. The molecule has 1 N–H and O–H groups in total. The second-order valence-corrected chi connectivity index (χ2v) is 11.4. The standard InChI is InChI=1S/C33H43N3O7/c1-21(2)28(36(8)32(40)43-33(5,6)7)20-29(42-23(4)37)26-16-13-17-27(35-26)30(38)34-25(18-22(3)31(39)41-9)19-24-14-11-10-12-15-24/h10-17,19,22,29H,18,20H2,1-9H3,(H,34,38)/b25-19+/t22-,29+/m0/s1. The van der Waals surface area contributed by atoms with Crippen LogP contribution in [-0.2, 0) is 23.8 Å². The van der Waals surface area contributed by atoms with Gasteiger partial charge in [-0.3, -0.25) is 19.3 Å². The van der Waals surface area contributed by atoms with Crippen molar-refractivity contribution in [1.82, 2.24) is 15.2 Å². The number of nitrogens with zero attached hydrogens (tertiary/aromatic N) is 2. The first-order valence-corrected chi connectivity index (χ1v) is 14.0. The van der Waals surface area contributed by atoms with Crippen LogP contribution in [0.15, 0.2) is 65.5 Å². The van der Waals surface area contributed by atoms with Gasteiger partial charge in [-0.25, -0.2) is 9.78 Å². The first-order valence-electron chi connectivity index (χ1n) is 14.0. The van der Waals surface area contributed by atoms with E-state index in [1.807, 2.05) is 44.2 Å². The van der Waals surface area contributed by atoms with Crippen LogP contribution in [-0.4, -0.2) is 53.6 Å². The van der Waals surface area contributed by atoms with Gasteiger partial charge in [0, 0.05) is 38.2 Å². The zero-order chi connectivity index (χ0) is 32.3. The predicted molar refractivity (Wildman–Crippen MR) is 163 cm³/mol. The lowest BCUT2D eigenvalue weighted by Gasteiger charge is -2.29. The number of allylic oxidation sites excluding steroid dienone is 2. The Kier molecular flexibility index (Phi) is 12.7. The first kappa shape index (κ1) is 34.7. The van der Waals surface area contributed by atoms with E-state index in [-0.39, 0.29) is 18.5 Å². The number of carbonyl (C=O) groups excluding carboxylic acids is 4. The number of rotatable bonds is 11. The van der Waals surface area contributed by atoms with Crippen molar-refractivity contribution < 1.29 is 33.4 Å². The van der Waals surface area contributed by atoms with Crippen molar-refractivity contribution in [3.63, 3.8) is 0 Å². The third kappa shape index (κ3) is 11.4. The molecule has 43 heavy (non-hydrogen) atoms. The van der Waals surface area contributed by atoms with Crippen molar-refractivity contribution in [2.24, 2.45) is 5.92 Å². The number of ether oxygens (including phenoxy) is 3. The summed E-state index contributed by atoms with van der Waals surface area (Å²) in [6.45, 7) is 12.0. The quantitative estimate of drug-likeness (QED) is 0.241. The Labute approximate surface area is 254 Å². The minimum Gasteiger partial charge on any atom is -0.469 e. The van der Waals surface area contributed by atoms with E-state index in [9.17, 15) is 19.2 Å². The molecule has 2 aromatic rings. The summed E-state index contributed by atoms with van der Waals surface area (Å²) in [7, 11) is 2.91. The maximum atomic E-state index is 13.4. The van der Waals surface area contributed by atoms with Gasteiger partial charge in [0.1, 0.15) is 17.4 Å². The Morgan fingerprint density at radius 2 is 1.63 bits per heavy atom. The maximum absolute atomic E-state index is 13.4. The summed E-state index contributed by atoms with van der Waals surface area (Å²) in [4.78, 5) is 56.3. The van der Waals surface area contributed by atoms with Gasteiger partial charge >= 0.3 is 18.0 Å². The molecule has 1 aromatic carbocycles. The molecule has 0 saturated heterocycles. The van der Waals surface area contributed by atoms with E-state index in [1.54, 1.807) is 59.0 Å². The Hall–Kier alpha value is -4.47. The largest absolute Gasteiger partial charge is 0.469 e. The number of benzene rings is 1. The molecule has 0 saturated carbocycles. The number of hydrogen-bond acceptors (Lipinski definition) is 8. The number of amides is 2. The summed E-state index contributed by atoms with van der Waals surface area (Å²) in [5.41, 5.74) is 2.46. The molecule has 0 aliphatic heterocycles. The van der Waals surface area contributed by atoms with Crippen LogP contribution >= 0.6 is 0 Å². The second kappa shape index (κ2) is 15.7. The van der Waals surface area contributed by atoms with Crippen LogP contribution in [0.2, 0.25) is 0 Å². The highest BCUT2D eigenvalue weighted by Gasteiger charge is 2.27. The molecule has 10 heteroatoms. The van der Waals surface area contributed by atoms with E-state index < -0.39 is 41.6 Å². The smallest absolute Gasteiger partial charge is 0.414 e. The molecule has 2 amide bonds. The SMILES string of the molecule is COC(=O)[C@@H](C)C/C(=C\c1ccccc1)NC(=O)c1cccc([C@@H](CC(=C(C)C)N(C)C(=O)OC(C)(C)C)OC(C)=O)n1. The fourth-order valence-electron chi connectivity index (χ4n) is 4.18. The van der Waals surface area contributed by atoms with E-state index in [4.69, 9.17) is 14.2 Å². The highest BCUT2D eigenvalue weighted by molar-refractivity contribution is 5.94. The zero-order valence-electron chi connectivity index (χ0n) is 26.5. The van der Waals surface area contributed by atoms with Crippen molar-refractivity contribution in [2.45, 2.75) is 73.0 Å². The third-order valence-corrected chi connectivity index (χ3v) is 6.21. The van der Waals surface area contributed by atoms with Gasteiger partial charge in [-0.1, -0.05) is 48.9 Å². The topological polar surface area (TPSA) is 124 Å². The molecule has 232 valence electrons. The Morgan fingerprint density at radius 1 is 0.977 bits per heavy atom. The number of pyridine rings is 1. The van der Waals surface area contributed by atoms with Gasteiger partial charge in [0.15, 0.2) is 0 Å². The maximum Gasteiger partial charge on any atom is 0.414 e. The average molecular weight is 594 g/mol. The zero-order valence-corrected chi connectivity index (χ0v) is 26.5. The van der Waals surface area contributed by atoms with Gasteiger partial charge in [0.05, 0.1) is 18.7 Å². The van der Waals surface area contributed by atoms with Crippen LogP contribution in [0.5, 0.6) is 0 Å². The van der Waals surface area contributed by atoms with Crippen molar-refractivity contribution in [2.75, 3.05) is 14.2 Å². The van der Waals surface area contributed by atoms with Crippen molar-refractivity contribution >= 4 is 30.0 Å². The van der Waals surface area contributed by atoms with Gasteiger partial charge < -0.3 is 19.5 Å². The summed E-state index contributed by atoms with van der Waals surface area (Å²) < 4.78 is 16.0. The summed E-state index contributed by atoms with van der Waals surface area (Å²) in [6, 6.07) is 14.2. The molecule has 0 unspecified atom stereocenters. The van der Waals surface area contributed by atoms with Gasteiger partial charge in [-0.15, -0.1) is 0 Å². The van der Waals surface area contributed by atoms with Crippen LogP contribution < -0.4 is 5.32 Å². The highest BCUT2D eigenvalue weighted by atomic mass is 16.6. The first-order chi connectivity index (χ1) is 20.1. The van der Waals surface area contributed by atoms with Gasteiger partial charge in [0.25, 0.3) is 5.91 Å². The molecule has 10 nitrogen and oxygen atoms in total. The summed E-state index contributed by atoms with van der Waals surface area (Å²) in [5, 5.41) is 2.88. The van der Waals surface area contributed by atoms with Gasteiger partial charge in [-0.05, 0) is 58.4 Å². The molecule has 0 aliphatic carbocycles. The molecular formula is C33H43N3O7. The minimum atomic E-state index is -0.890. The molecule has 1 heterocycles. The number of hydrogen-bond donors (Lipinski definition) is 1. The Balaban J connectivity index is 2.39. The number of aromatic nitrogens is 1. The predicted octanol–water partition coefficient (Wildman–Crippen LogP) is 6.21. The van der Waals surface area contributed by atoms with Crippen LogP contribution in [0, 0.1) is 5.92 Å². The molecule has 0 aliphatic rings. The van der Waals surface area contributed by atoms with E-state index in [0.717, 1.165) is 11.1 Å². The number of methoxy groups -OCH3 is 1. The van der Waals surface area contributed by atoms with E-state index in [2.05, 4.69) is 10.3 Å². The Bertz CT molecular complexity index is 1360. The van der Waals surface area contributed by atoms with E-state index >= 15 is 0 Å². The van der Waals surface area contributed by atoms with Crippen LogP contribution in [0.25, 0.3) is 6.08 Å². The minimum absolute atomic E-state index is 0.0820. The molecule has 1 aromatic heterocycles. The van der Waals surface area contributed by atoms with Crippen LogP contribution in [0.1, 0.15) is 89.2 Å². The third-order valence-electron chi connectivity index (χ3n) is 6.21. The summed E-state index contributed by atoms with van der Waals surface area (Å²) >= 11 is 0. The van der Waals surface area contributed by atoms with E-state index in [0.29, 0.717) is 17.1 Å². The van der Waals surface area contributed by atoms with Gasteiger partial charge in [-0.2, -0.15) is 0 Å². The Morgan fingerprint density at radius 3 is 2.19 bits per heavy atom. The van der Waals surface area contributed by atoms with Crippen molar-refractivity contribution in [3.8, 4) is 0 Å². The van der Waals surface area contributed by atoms with Crippen LogP contribution in [0.3, 0.4) is 0 Å². The van der Waals surface area contributed by atoms with E-state index in [1.165, 1.54) is 18.9 Å². The fourth-order valence-corrected chi connectivity index (χ4v) is 4.18. The molecule has 2 rings (SSSR count). The summed E-state index contributed by atoms with van der Waals surface area (Å²) in [5.74, 6) is -1.95. The molecule has 0 bridgehead atoms. The normalized spacial score (nSPS) is 12.8. The van der Waals surface area contributed by atoms with Crippen molar-refractivity contribution in [1.29, 1.82) is 0 Å². The molecular weight excluding hydrogens is 550 g/mol. The lowest BCUT2D eigenvalue weighted by Crippen LogP contribution is -2.34. The molecule has 2 atom stereocenters. The highest BCUT2D eigenvalue weighted by Crippen LogP contribution is 2.28. The molecule has 0 radical (unpaired) electrons. The molecule has 0 fully saturated rings. The number of nitrogens with one attached hydrogen (secondary N) is 1. The van der Waals surface area contributed by atoms with Crippen molar-refractivity contribution in [3.05, 3.63) is 82.4 Å². The van der Waals surface area contributed by atoms with Crippen LogP contribution in [0.4, 0.5) is 4.79 Å². The monoisotopic (exact) mass is 593 g/mol. The lowest BCUT2D eigenvalue weighted by molar-refractivity contribution is -0.147. The lowest BCUT2D eigenvalue weighted by atomic mass is 10.0. The second-order valence-electron chi connectivity index (χ2n) is 11.4. The van der Waals surface area contributed by atoms with Gasteiger partial charge in [0.2, 0.25) is 0 Å². The number of esters is 2. The average Bonchev–Trinajstić information content (AvgIpc) is 2.93. The number of carbonyl (C=O) groups is 4. The molecule has 0 spiro atoms. The summed E-state index contributed by atoms with van der Waals surface area (Å²) in [6.07, 6.45) is 0.690.